The number of carboxylic acids is 1. The van der Waals surface area contributed by atoms with Crippen molar-refractivity contribution in [2.75, 3.05) is 6.61 Å². The normalized spacial score (nSPS) is 51.9. The van der Waals surface area contributed by atoms with Crippen molar-refractivity contribution in [2.45, 2.75) is 111 Å². The first-order valence-corrected chi connectivity index (χ1v) is 13.7. The van der Waals surface area contributed by atoms with Crippen molar-refractivity contribution in [1.82, 2.24) is 0 Å². The Morgan fingerprint density at radius 2 is 1.50 bits per heavy atom. The van der Waals surface area contributed by atoms with E-state index in [1.54, 1.807) is 0 Å². The van der Waals surface area contributed by atoms with Gasteiger partial charge in [-0.05, 0) is 117 Å². The standard InChI is InChI=1S/C25H40O3.C3H8O/c1-15-17-8-12-24(3)18-9-14-25(22(27)28)11-4-5-19(25)16(18)6-7-21(24)23(17,2)13-10-20(15)26;1-2-3-4/h15-21,26H,4-14H2,1-3H3,(H,27,28);4H,2-3H2,1H3. The molecule has 3 N–H and O–H groups in total. The van der Waals surface area contributed by atoms with Crippen molar-refractivity contribution in [3.05, 3.63) is 0 Å². The van der Waals surface area contributed by atoms with Gasteiger partial charge in [-0.2, -0.15) is 0 Å². The maximum Gasteiger partial charge on any atom is 0.309 e. The summed E-state index contributed by atoms with van der Waals surface area (Å²) in [6.07, 6.45) is 13.3. The Morgan fingerprint density at radius 3 is 2.16 bits per heavy atom. The van der Waals surface area contributed by atoms with Gasteiger partial charge in [0.15, 0.2) is 0 Å². The Balaban J connectivity index is 0.000000567. The van der Waals surface area contributed by atoms with Crippen molar-refractivity contribution in [3.8, 4) is 0 Å². The number of hydrogen-bond acceptors (Lipinski definition) is 3. The lowest BCUT2D eigenvalue weighted by Gasteiger charge is -2.67. The van der Waals surface area contributed by atoms with Crippen LogP contribution in [-0.2, 0) is 4.79 Å². The summed E-state index contributed by atoms with van der Waals surface area (Å²) >= 11 is 0. The summed E-state index contributed by atoms with van der Waals surface area (Å²) in [7, 11) is 0. The van der Waals surface area contributed by atoms with Crippen LogP contribution in [0.4, 0.5) is 0 Å². The van der Waals surface area contributed by atoms with Crippen LogP contribution in [0.3, 0.4) is 0 Å². The van der Waals surface area contributed by atoms with E-state index >= 15 is 0 Å². The number of rotatable bonds is 2. The van der Waals surface area contributed by atoms with Crippen molar-refractivity contribution < 1.29 is 20.1 Å². The van der Waals surface area contributed by atoms with E-state index in [9.17, 15) is 15.0 Å². The third kappa shape index (κ3) is 3.49. The van der Waals surface area contributed by atoms with Crippen LogP contribution in [0, 0.1) is 51.8 Å². The monoisotopic (exact) mass is 448 g/mol. The molecule has 0 radical (unpaired) electrons. The second-order valence-electron chi connectivity index (χ2n) is 12.7. The Kier molecular flexibility index (Phi) is 6.80. The maximum atomic E-state index is 12.3. The highest BCUT2D eigenvalue weighted by molar-refractivity contribution is 5.75. The van der Waals surface area contributed by atoms with E-state index in [0.717, 1.165) is 56.8 Å². The van der Waals surface area contributed by atoms with Gasteiger partial charge in [0.1, 0.15) is 0 Å². The van der Waals surface area contributed by atoms with Crippen LogP contribution >= 0.6 is 0 Å². The van der Waals surface area contributed by atoms with Crippen LogP contribution in [0.25, 0.3) is 0 Å². The molecule has 0 saturated heterocycles. The molecule has 0 aromatic carbocycles. The molecule has 5 saturated carbocycles. The molecule has 0 aliphatic heterocycles. The molecule has 5 aliphatic rings. The Morgan fingerprint density at radius 1 is 0.875 bits per heavy atom. The SMILES string of the molecule is CC1C(O)CCC2(C)C1CCC1(C)C3CCC4(C(=O)O)CCCC4C3CCC21.CCCO. The molecule has 0 heterocycles. The number of hydrogen-bond donors (Lipinski definition) is 3. The summed E-state index contributed by atoms with van der Waals surface area (Å²) in [5.41, 5.74) is 0.353. The molecule has 5 aliphatic carbocycles. The molecule has 5 rings (SSSR count). The minimum atomic E-state index is -0.494. The smallest absolute Gasteiger partial charge is 0.309 e. The van der Waals surface area contributed by atoms with Crippen LogP contribution in [-0.4, -0.2) is 34.0 Å². The van der Waals surface area contributed by atoms with Crippen molar-refractivity contribution in [3.63, 3.8) is 0 Å². The van der Waals surface area contributed by atoms with Crippen molar-refractivity contribution in [1.29, 1.82) is 0 Å². The molecule has 0 bridgehead atoms. The molecule has 10 unspecified atom stereocenters. The van der Waals surface area contributed by atoms with Gasteiger partial charge in [0.05, 0.1) is 11.5 Å². The van der Waals surface area contributed by atoms with E-state index in [1.807, 2.05) is 6.92 Å². The van der Waals surface area contributed by atoms with Gasteiger partial charge < -0.3 is 15.3 Å². The van der Waals surface area contributed by atoms with Crippen molar-refractivity contribution in [2.24, 2.45) is 51.8 Å². The summed E-state index contributed by atoms with van der Waals surface area (Å²) < 4.78 is 0. The van der Waals surface area contributed by atoms with Crippen LogP contribution in [0.2, 0.25) is 0 Å². The number of carbonyl (C=O) groups is 1. The minimum absolute atomic E-state index is 0.108. The van der Waals surface area contributed by atoms with Gasteiger partial charge >= 0.3 is 5.97 Å². The quantitative estimate of drug-likeness (QED) is 0.492. The zero-order valence-corrected chi connectivity index (χ0v) is 21.0. The summed E-state index contributed by atoms with van der Waals surface area (Å²) in [5.74, 6) is 3.15. The minimum Gasteiger partial charge on any atom is -0.481 e. The Bertz CT molecular complexity index is 691. The highest BCUT2D eigenvalue weighted by Crippen LogP contribution is 2.71. The number of aliphatic hydroxyl groups excluding tert-OH is 2. The summed E-state index contributed by atoms with van der Waals surface area (Å²) in [6.45, 7) is 9.69. The second-order valence-corrected chi connectivity index (χ2v) is 12.7. The third-order valence-electron chi connectivity index (χ3n) is 11.7. The fourth-order valence-corrected chi connectivity index (χ4v) is 10.2. The molecule has 184 valence electrons. The summed E-state index contributed by atoms with van der Waals surface area (Å²) in [5, 5.41) is 28.5. The number of fused-ring (bicyclic) bond motifs is 7. The average Bonchev–Trinajstić information content (AvgIpc) is 3.23. The highest BCUT2D eigenvalue weighted by atomic mass is 16.4. The van der Waals surface area contributed by atoms with E-state index in [4.69, 9.17) is 5.11 Å². The lowest BCUT2D eigenvalue weighted by molar-refractivity contribution is -0.199. The van der Waals surface area contributed by atoms with E-state index in [0.29, 0.717) is 41.1 Å². The van der Waals surface area contributed by atoms with E-state index in [1.165, 1.54) is 32.1 Å². The first-order chi connectivity index (χ1) is 15.2. The van der Waals surface area contributed by atoms with E-state index in [2.05, 4.69) is 20.8 Å². The van der Waals surface area contributed by atoms with E-state index in [-0.39, 0.29) is 6.10 Å². The number of carboxylic acid groups (broad SMARTS) is 1. The molecular formula is C28H48O4. The predicted molar refractivity (Wildman–Crippen MR) is 127 cm³/mol. The second kappa shape index (κ2) is 8.87. The first-order valence-electron chi connectivity index (χ1n) is 13.7. The topological polar surface area (TPSA) is 77.8 Å². The Hall–Kier alpha value is -0.610. The predicted octanol–water partition coefficient (Wildman–Crippen LogP) is 5.90. The largest absolute Gasteiger partial charge is 0.481 e. The van der Waals surface area contributed by atoms with E-state index < -0.39 is 11.4 Å². The van der Waals surface area contributed by atoms with Gasteiger partial charge in [-0.1, -0.05) is 34.1 Å². The molecule has 0 amide bonds. The fourth-order valence-electron chi connectivity index (χ4n) is 10.2. The Labute approximate surface area is 195 Å². The zero-order valence-electron chi connectivity index (χ0n) is 21.0. The molecule has 5 fully saturated rings. The summed E-state index contributed by atoms with van der Waals surface area (Å²) in [6, 6.07) is 0. The van der Waals surface area contributed by atoms with Crippen LogP contribution in [0.1, 0.15) is 105 Å². The molecule has 32 heavy (non-hydrogen) atoms. The third-order valence-corrected chi connectivity index (χ3v) is 11.7. The lowest BCUT2D eigenvalue weighted by Crippen LogP contribution is -2.61. The van der Waals surface area contributed by atoms with Gasteiger partial charge in [-0.25, -0.2) is 0 Å². The first kappa shape index (κ1) is 24.5. The van der Waals surface area contributed by atoms with Gasteiger partial charge in [0.25, 0.3) is 0 Å². The highest BCUT2D eigenvalue weighted by Gasteiger charge is 2.65. The average molecular weight is 449 g/mol. The fraction of sp³-hybridized carbons (Fsp3) is 0.964. The number of aliphatic carboxylic acids is 1. The van der Waals surface area contributed by atoms with Gasteiger partial charge in [0, 0.05) is 6.61 Å². The molecule has 0 aromatic rings. The van der Waals surface area contributed by atoms with Crippen LogP contribution in [0.5, 0.6) is 0 Å². The molecule has 0 spiro atoms. The lowest BCUT2D eigenvalue weighted by atomic mass is 9.37. The number of aliphatic hydroxyl groups is 2. The molecule has 10 atom stereocenters. The molecule has 4 heteroatoms. The molecule has 0 aromatic heterocycles. The van der Waals surface area contributed by atoms with Gasteiger partial charge in [-0.15, -0.1) is 0 Å². The molecule has 4 nitrogen and oxygen atoms in total. The summed E-state index contributed by atoms with van der Waals surface area (Å²) in [4.78, 5) is 12.3. The molecular weight excluding hydrogens is 400 g/mol. The van der Waals surface area contributed by atoms with Crippen molar-refractivity contribution >= 4 is 5.97 Å². The van der Waals surface area contributed by atoms with Crippen LogP contribution < -0.4 is 0 Å². The maximum absolute atomic E-state index is 12.3. The van der Waals surface area contributed by atoms with Gasteiger partial charge in [-0.3, -0.25) is 4.79 Å². The van der Waals surface area contributed by atoms with Gasteiger partial charge in [0.2, 0.25) is 0 Å². The van der Waals surface area contributed by atoms with Crippen LogP contribution in [0.15, 0.2) is 0 Å². The zero-order chi connectivity index (χ0) is 23.3.